The van der Waals surface area contributed by atoms with Gasteiger partial charge in [-0.3, -0.25) is 13.7 Å². The normalized spacial score (nSPS) is 15.0. The van der Waals surface area contributed by atoms with Crippen molar-refractivity contribution in [2.75, 3.05) is 0 Å². The standard InChI is InChI=1S/C24H20O9S3/c25-34(26,27)21-13-4-1-8-16(21)18-11-7-12-19(17-9-2-5-14-22(17)35(28,29)30)24(18)20-10-3-6-15-23(20)36(31,32)33/h1-6,8-11,13-15H,7,12H2,(H,25,26,27)(H,28,29,30)(H,31,32,33). The fraction of sp³-hybridized carbons (Fsp3) is 0.0833. The zero-order chi connectivity index (χ0) is 26.3. The van der Waals surface area contributed by atoms with Gasteiger partial charge in [0.25, 0.3) is 30.4 Å². The van der Waals surface area contributed by atoms with Crippen LogP contribution in [0.25, 0.3) is 16.7 Å². The van der Waals surface area contributed by atoms with Crippen molar-refractivity contribution in [3.63, 3.8) is 0 Å². The first-order chi connectivity index (χ1) is 16.8. The SMILES string of the molecule is O=S(=O)(O)c1ccccc1C1=CCCC(c2ccccc2S(=O)(=O)O)=C1c1ccccc1S(=O)(=O)O. The Kier molecular flexibility index (Phi) is 6.77. The highest BCUT2D eigenvalue weighted by Crippen LogP contribution is 2.47. The Hall–Kier alpha value is -3.13. The van der Waals surface area contributed by atoms with Crippen molar-refractivity contribution in [1.29, 1.82) is 0 Å². The maximum Gasteiger partial charge on any atom is 0.295 e. The fourth-order valence-electron chi connectivity index (χ4n) is 4.33. The third kappa shape index (κ3) is 5.05. The smallest absolute Gasteiger partial charge is 0.282 e. The molecule has 0 fully saturated rings. The highest BCUT2D eigenvalue weighted by Gasteiger charge is 2.30. The van der Waals surface area contributed by atoms with Crippen molar-refractivity contribution < 1.29 is 38.9 Å². The highest BCUT2D eigenvalue weighted by molar-refractivity contribution is 7.86. The van der Waals surface area contributed by atoms with Crippen LogP contribution in [0.5, 0.6) is 0 Å². The summed E-state index contributed by atoms with van der Waals surface area (Å²) in [6.07, 6.45) is 2.13. The summed E-state index contributed by atoms with van der Waals surface area (Å²) in [6.45, 7) is 0. The third-order valence-corrected chi connectivity index (χ3v) is 8.43. The molecular formula is C24H20O9S3. The lowest BCUT2D eigenvalue weighted by Gasteiger charge is -2.26. The molecule has 0 aliphatic heterocycles. The molecule has 3 aromatic carbocycles. The Balaban J connectivity index is 2.19. The number of benzene rings is 3. The molecule has 0 heterocycles. The van der Waals surface area contributed by atoms with Crippen molar-refractivity contribution in [3.05, 3.63) is 95.6 Å². The predicted octanol–water partition coefficient (Wildman–Crippen LogP) is 4.21. The summed E-state index contributed by atoms with van der Waals surface area (Å²) in [5, 5.41) is 0. The summed E-state index contributed by atoms with van der Waals surface area (Å²) in [7, 11) is -14.2. The van der Waals surface area contributed by atoms with E-state index in [-0.39, 0.29) is 34.3 Å². The van der Waals surface area contributed by atoms with Gasteiger partial charge >= 0.3 is 0 Å². The second-order valence-electron chi connectivity index (χ2n) is 7.92. The first-order valence-electron chi connectivity index (χ1n) is 10.4. The quantitative estimate of drug-likeness (QED) is 0.383. The van der Waals surface area contributed by atoms with E-state index in [9.17, 15) is 38.9 Å². The van der Waals surface area contributed by atoms with E-state index in [1.807, 2.05) is 0 Å². The van der Waals surface area contributed by atoms with Crippen LogP contribution in [0.1, 0.15) is 29.5 Å². The first kappa shape index (κ1) is 25.9. The minimum Gasteiger partial charge on any atom is -0.282 e. The van der Waals surface area contributed by atoms with Gasteiger partial charge in [-0.15, -0.1) is 0 Å². The van der Waals surface area contributed by atoms with Gasteiger partial charge in [0.05, 0.1) is 0 Å². The van der Waals surface area contributed by atoms with Crippen molar-refractivity contribution in [1.82, 2.24) is 0 Å². The number of rotatable bonds is 6. The Morgan fingerprint density at radius 3 is 1.42 bits per heavy atom. The monoisotopic (exact) mass is 548 g/mol. The molecule has 0 unspecified atom stereocenters. The molecule has 1 aliphatic carbocycles. The first-order valence-corrected chi connectivity index (χ1v) is 14.8. The average Bonchev–Trinajstić information content (AvgIpc) is 2.82. The molecule has 188 valence electrons. The molecule has 3 N–H and O–H groups in total. The zero-order valence-corrected chi connectivity index (χ0v) is 20.9. The van der Waals surface area contributed by atoms with E-state index >= 15 is 0 Å². The van der Waals surface area contributed by atoms with Crippen LogP contribution in [0.3, 0.4) is 0 Å². The molecule has 0 saturated heterocycles. The summed E-state index contributed by atoms with van der Waals surface area (Å²) >= 11 is 0. The zero-order valence-electron chi connectivity index (χ0n) is 18.4. The lowest BCUT2D eigenvalue weighted by atomic mass is 9.80. The molecular weight excluding hydrogens is 528 g/mol. The van der Waals surface area contributed by atoms with Crippen molar-refractivity contribution in [2.24, 2.45) is 0 Å². The predicted molar refractivity (Wildman–Crippen MR) is 133 cm³/mol. The largest absolute Gasteiger partial charge is 0.295 e. The maximum absolute atomic E-state index is 12.3. The van der Waals surface area contributed by atoms with Crippen LogP contribution in [-0.4, -0.2) is 38.9 Å². The Morgan fingerprint density at radius 2 is 0.917 bits per heavy atom. The van der Waals surface area contributed by atoms with Gasteiger partial charge in [0.1, 0.15) is 14.7 Å². The van der Waals surface area contributed by atoms with Crippen molar-refractivity contribution in [3.8, 4) is 0 Å². The number of allylic oxidation sites excluding steroid dienone is 4. The molecule has 0 amide bonds. The van der Waals surface area contributed by atoms with E-state index in [0.717, 1.165) is 6.07 Å². The summed E-state index contributed by atoms with van der Waals surface area (Å²) in [4.78, 5) is -1.35. The Bertz CT molecular complexity index is 1750. The Labute approximate surface area is 208 Å². The molecule has 0 spiro atoms. The van der Waals surface area contributed by atoms with Gasteiger partial charge in [-0.25, -0.2) is 0 Å². The van der Waals surface area contributed by atoms with Gasteiger partial charge in [0, 0.05) is 11.1 Å². The van der Waals surface area contributed by atoms with Crippen LogP contribution in [0.15, 0.2) is 93.6 Å². The van der Waals surface area contributed by atoms with Crippen molar-refractivity contribution in [2.45, 2.75) is 27.5 Å². The van der Waals surface area contributed by atoms with Crippen molar-refractivity contribution >= 4 is 47.1 Å². The fourth-order valence-corrected chi connectivity index (χ4v) is 6.45. The third-order valence-electron chi connectivity index (χ3n) is 5.69. The molecule has 0 saturated carbocycles. The van der Waals surface area contributed by atoms with Gasteiger partial charge in [-0.05, 0) is 53.3 Å². The van der Waals surface area contributed by atoms with Crippen LogP contribution in [0.4, 0.5) is 0 Å². The van der Waals surface area contributed by atoms with Gasteiger partial charge in [-0.2, -0.15) is 25.3 Å². The Morgan fingerprint density at radius 1 is 0.528 bits per heavy atom. The molecule has 9 nitrogen and oxygen atoms in total. The van der Waals surface area contributed by atoms with Gasteiger partial charge in [-0.1, -0.05) is 60.7 Å². The number of hydrogen-bond donors (Lipinski definition) is 3. The molecule has 1 aliphatic rings. The van der Waals surface area contributed by atoms with Crippen LogP contribution >= 0.6 is 0 Å². The second-order valence-corrected chi connectivity index (χ2v) is 12.1. The minimum atomic E-state index is -4.77. The van der Waals surface area contributed by atoms with Crippen LogP contribution < -0.4 is 0 Å². The summed E-state index contributed by atoms with van der Waals surface area (Å²) in [6, 6.07) is 16.5. The molecule has 0 atom stereocenters. The molecule has 0 aromatic heterocycles. The van der Waals surface area contributed by atoms with Crippen LogP contribution in [0.2, 0.25) is 0 Å². The van der Waals surface area contributed by atoms with E-state index < -0.39 is 45.0 Å². The molecule has 36 heavy (non-hydrogen) atoms. The molecule has 4 rings (SSSR count). The molecule has 12 heteroatoms. The topological polar surface area (TPSA) is 163 Å². The van der Waals surface area contributed by atoms with E-state index in [0.29, 0.717) is 12.0 Å². The highest BCUT2D eigenvalue weighted by atomic mass is 32.2. The molecule has 3 aromatic rings. The van der Waals surface area contributed by atoms with Gasteiger partial charge in [0.2, 0.25) is 0 Å². The minimum absolute atomic E-state index is 0.0174. The van der Waals surface area contributed by atoms with Gasteiger partial charge < -0.3 is 0 Å². The number of hydrogen-bond acceptors (Lipinski definition) is 6. The molecule has 0 bridgehead atoms. The van der Waals surface area contributed by atoms with E-state index in [1.54, 1.807) is 6.08 Å². The maximum atomic E-state index is 12.3. The van der Waals surface area contributed by atoms with Crippen LogP contribution in [0, 0.1) is 0 Å². The summed E-state index contributed by atoms with van der Waals surface area (Å²) in [5.74, 6) is 0. The van der Waals surface area contributed by atoms with E-state index in [4.69, 9.17) is 0 Å². The summed E-state index contributed by atoms with van der Waals surface area (Å²) < 4.78 is 103. The second kappa shape index (κ2) is 9.39. The van der Waals surface area contributed by atoms with Gasteiger partial charge in [0.15, 0.2) is 0 Å². The average molecular weight is 549 g/mol. The summed E-state index contributed by atoms with van der Waals surface area (Å²) in [5.41, 5.74) is 0.724. The molecule has 0 radical (unpaired) electrons. The van der Waals surface area contributed by atoms with E-state index in [1.165, 1.54) is 66.7 Å². The van der Waals surface area contributed by atoms with E-state index in [2.05, 4.69) is 0 Å². The van der Waals surface area contributed by atoms with Crippen LogP contribution in [-0.2, 0) is 30.4 Å². The lowest BCUT2D eigenvalue weighted by Crippen LogP contribution is -2.11. The lowest BCUT2D eigenvalue weighted by molar-refractivity contribution is 0.480.